The predicted molar refractivity (Wildman–Crippen MR) is 66.3 cm³/mol. The lowest BCUT2D eigenvalue weighted by Gasteiger charge is -2.20. The molecule has 0 amide bonds. The van der Waals surface area contributed by atoms with Crippen LogP contribution in [0, 0.1) is 5.41 Å². The molecular weight excluding hydrogens is 224 g/mol. The van der Waals surface area contributed by atoms with Crippen LogP contribution in [0.5, 0.6) is 5.75 Å². The van der Waals surface area contributed by atoms with Gasteiger partial charge in [0.2, 0.25) is 5.90 Å². The summed E-state index contributed by atoms with van der Waals surface area (Å²) in [5.41, 5.74) is 0.903. The summed E-state index contributed by atoms with van der Waals surface area (Å²) in [7, 11) is 1.62. The molecule has 16 heavy (non-hydrogen) atoms. The Morgan fingerprint density at radius 3 is 2.44 bits per heavy atom. The lowest BCUT2D eigenvalue weighted by atomic mass is 10.2. The van der Waals surface area contributed by atoms with Crippen molar-refractivity contribution in [3.8, 4) is 5.75 Å². The first-order chi connectivity index (χ1) is 7.63. The molecule has 0 bridgehead atoms. The Labute approximate surface area is 99.3 Å². The summed E-state index contributed by atoms with van der Waals surface area (Å²) in [4.78, 5) is 2.22. The van der Waals surface area contributed by atoms with Crippen LogP contribution in [0.2, 0.25) is 0 Å². The average Bonchev–Trinajstić information content (AvgIpc) is 2.54. The van der Waals surface area contributed by atoms with E-state index < -0.39 is 0 Å². The van der Waals surface area contributed by atoms with Crippen molar-refractivity contribution < 1.29 is 9.47 Å². The molecule has 1 aliphatic rings. The van der Waals surface area contributed by atoms with Crippen molar-refractivity contribution in [3.63, 3.8) is 0 Å². The number of methoxy groups -OCH3 is 1. The van der Waals surface area contributed by atoms with E-state index in [2.05, 4.69) is 0 Å². The van der Waals surface area contributed by atoms with Crippen LogP contribution < -0.4 is 9.64 Å². The topological polar surface area (TPSA) is 45.5 Å². The molecule has 1 aliphatic heterocycles. The van der Waals surface area contributed by atoms with E-state index >= 15 is 0 Å². The molecule has 84 valence electrons. The summed E-state index contributed by atoms with van der Waals surface area (Å²) in [6.07, 6.45) is -0.228. The number of nitrogens with one attached hydrogen (secondary N) is 1. The van der Waals surface area contributed by atoms with Gasteiger partial charge in [-0.05, 0) is 31.2 Å². The van der Waals surface area contributed by atoms with Crippen molar-refractivity contribution in [1.82, 2.24) is 0 Å². The molecule has 0 spiro atoms. The fraction of sp³-hybridized carbons (Fsp3) is 0.273. The van der Waals surface area contributed by atoms with Gasteiger partial charge in [0.1, 0.15) is 5.75 Å². The molecule has 1 saturated heterocycles. The number of rotatable bonds is 2. The summed E-state index contributed by atoms with van der Waals surface area (Å²) >= 11 is 5.13. The molecule has 4 nitrogen and oxygen atoms in total. The van der Waals surface area contributed by atoms with E-state index in [4.69, 9.17) is 27.1 Å². The summed E-state index contributed by atoms with van der Waals surface area (Å²) in [6.45, 7) is 1.86. The van der Waals surface area contributed by atoms with Crippen LogP contribution in [-0.2, 0) is 4.74 Å². The Morgan fingerprint density at radius 2 is 2.00 bits per heavy atom. The molecule has 1 atom stereocenters. The highest BCUT2D eigenvalue weighted by Gasteiger charge is 2.32. The lowest BCUT2D eigenvalue weighted by molar-refractivity contribution is 0.240. The second-order valence-electron chi connectivity index (χ2n) is 3.42. The summed E-state index contributed by atoms with van der Waals surface area (Å²) < 4.78 is 10.3. The van der Waals surface area contributed by atoms with Crippen LogP contribution in [0.1, 0.15) is 6.92 Å². The van der Waals surface area contributed by atoms with Gasteiger partial charge in [-0.1, -0.05) is 12.2 Å². The predicted octanol–water partition coefficient (Wildman–Crippen LogP) is 2.18. The Balaban J connectivity index is 2.29. The van der Waals surface area contributed by atoms with Gasteiger partial charge in [0, 0.05) is 5.69 Å². The molecule has 1 heterocycles. The first-order valence-corrected chi connectivity index (χ1v) is 5.27. The minimum atomic E-state index is -0.228. The molecule has 1 aromatic rings. The maximum Gasteiger partial charge on any atom is 0.244 e. The van der Waals surface area contributed by atoms with Gasteiger partial charge in [0.25, 0.3) is 0 Å². The van der Waals surface area contributed by atoms with E-state index in [1.807, 2.05) is 31.2 Å². The SMILES string of the molecule is COc1ccc(N2C(=S)C(=N)OC2C)cc1. The smallest absolute Gasteiger partial charge is 0.244 e. The van der Waals surface area contributed by atoms with Crippen LogP contribution in [0.15, 0.2) is 24.3 Å². The van der Waals surface area contributed by atoms with E-state index in [0.717, 1.165) is 11.4 Å². The van der Waals surface area contributed by atoms with E-state index in [9.17, 15) is 0 Å². The van der Waals surface area contributed by atoms with Crippen molar-refractivity contribution in [3.05, 3.63) is 24.3 Å². The first kappa shape index (κ1) is 10.9. The quantitative estimate of drug-likeness (QED) is 0.799. The maximum atomic E-state index is 7.51. The van der Waals surface area contributed by atoms with Crippen molar-refractivity contribution in [2.24, 2.45) is 0 Å². The maximum absolute atomic E-state index is 7.51. The van der Waals surface area contributed by atoms with E-state index in [0.29, 0.717) is 4.99 Å². The second-order valence-corrected chi connectivity index (χ2v) is 3.81. The van der Waals surface area contributed by atoms with Crippen LogP contribution in [0.3, 0.4) is 0 Å². The number of benzene rings is 1. The van der Waals surface area contributed by atoms with Gasteiger partial charge in [-0.15, -0.1) is 0 Å². The molecule has 1 fully saturated rings. The molecule has 1 aromatic carbocycles. The largest absolute Gasteiger partial charge is 0.497 e. The zero-order valence-electron chi connectivity index (χ0n) is 9.06. The van der Waals surface area contributed by atoms with Gasteiger partial charge in [0.05, 0.1) is 7.11 Å². The summed E-state index contributed by atoms with van der Waals surface area (Å²) in [5.74, 6) is 0.843. The van der Waals surface area contributed by atoms with Gasteiger partial charge in [-0.2, -0.15) is 0 Å². The Kier molecular flexibility index (Phi) is 2.78. The average molecular weight is 236 g/mol. The third-order valence-corrected chi connectivity index (χ3v) is 2.80. The zero-order valence-corrected chi connectivity index (χ0v) is 9.88. The normalized spacial score (nSPS) is 19.9. The molecular formula is C11H12N2O2S. The molecule has 0 aliphatic carbocycles. The zero-order chi connectivity index (χ0) is 11.7. The first-order valence-electron chi connectivity index (χ1n) is 4.86. The fourth-order valence-electron chi connectivity index (χ4n) is 1.62. The third-order valence-electron chi connectivity index (χ3n) is 2.42. The number of ether oxygens (including phenoxy) is 2. The van der Waals surface area contributed by atoms with E-state index in [1.165, 1.54) is 0 Å². The van der Waals surface area contributed by atoms with Crippen molar-refractivity contribution in [1.29, 1.82) is 5.41 Å². The molecule has 0 aromatic heterocycles. The Bertz CT molecular complexity index is 430. The summed E-state index contributed by atoms with van der Waals surface area (Å²) in [6, 6.07) is 7.49. The highest BCUT2D eigenvalue weighted by molar-refractivity contribution is 7.82. The lowest BCUT2D eigenvalue weighted by Crippen LogP contribution is -2.30. The van der Waals surface area contributed by atoms with Crippen LogP contribution >= 0.6 is 12.2 Å². The molecule has 0 radical (unpaired) electrons. The molecule has 5 heteroatoms. The minimum absolute atomic E-state index is 0.0540. The van der Waals surface area contributed by atoms with Gasteiger partial charge in [-0.3, -0.25) is 10.3 Å². The van der Waals surface area contributed by atoms with Crippen molar-refractivity contribution in [2.75, 3.05) is 12.0 Å². The summed E-state index contributed by atoms with van der Waals surface area (Å²) in [5, 5.41) is 7.51. The fourth-order valence-corrected chi connectivity index (χ4v) is 1.92. The molecule has 1 N–H and O–H groups in total. The second kappa shape index (κ2) is 4.09. The monoisotopic (exact) mass is 236 g/mol. The highest BCUT2D eigenvalue weighted by Crippen LogP contribution is 2.25. The third kappa shape index (κ3) is 1.74. The van der Waals surface area contributed by atoms with Gasteiger partial charge >= 0.3 is 0 Å². The van der Waals surface area contributed by atoms with Gasteiger partial charge in [0.15, 0.2) is 11.2 Å². The van der Waals surface area contributed by atoms with Gasteiger partial charge in [-0.25, -0.2) is 0 Å². The molecule has 1 unspecified atom stereocenters. The number of hydrogen-bond donors (Lipinski definition) is 1. The highest BCUT2D eigenvalue weighted by atomic mass is 32.1. The number of thiocarbonyl (C=S) groups is 1. The molecule has 2 rings (SSSR count). The van der Waals surface area contributed by atoms with E-state index in [1.54, 1.807) is 12.0 Å². The number of anilines is 1. The number of nitrogens with zero attached hydrogens (tertiary/aromatic N) is 1. The minimum Gasteiger partial charge on any atom is -0.497 e. The molecule has 0 saturated carbocycles. The van der Waals surface area contributed by atoms with Crippen molar-refractivity contribution in [2.45, 2.75) is 13.2 Å². The standard InChI is InChI=1S/C11H12N2O2S/c1-7-13(11(16)10(12)15-7)8-3-5-9(14-2)6-4-8/h3-7,12H,1-2H3. The van der Waals surface area contributed by atoms with Crippen LogP contribution in [0.25, 0.3) is 0 Å². The van der Waals surface area contributed by atoms with Crippen LogP contribution in [0.4, 0.5) is 5.69 Å². The van der Waals surface area contributed by atoms with Gasteiger partial charge < -0.3 is 9.47 Å². The van der Waals surface area contributed by atoms with Crippen LogP contribution in [-0.4, -0.2) is 24.2 Å². The van der Waals surface area contributed by atoms with Crippen molar-refractivity contribution >= 4 is 28.8 Å². The van der Waals surface area contributed by atoms with E-state index in [-0.39, 0.29) is 12.1 Å². The Hall–Kier alpha value is -1.62. The Morgan fingerprint density at radius 1 is 1.38 bits per heavy atom. The number of hydrogen-bond acceptors (Lipinski definition) is 4.